The van der Waals surface area contributed by atoms with E-state index in [1.54, 1.807) is 6.92 Å². The number of aromatic nitrogens is 1. The zero-order valence-corrected chi connectivity index (χ0v) is 16.0. The molecule has 0 aliphatic heterocycles. The fourth-order valence-electron chi connectivity index (χ4n) is 3.64. The summed E-state index contributed by atoms with van der Waals surface area (Å²) >= 11 is 0. The average Bonchev–Trinajstić information content (AvgIpc) is 3.06. The van der Waals surface area contributed by atoms with Gasteiger partial charge in [0.1, 0.15) is 17.0 Å². The van der Waals surface area contributed by atoms with Crippen molar-refractivity contribution in [3.05, 3.63) is 41.7 Å². The van der Waals surface area contributed by atoms with Gasteiger partial charge in [-0.2, -0.15) is 0 Å². The summed E-state index contributed by atoms with van der Waals surface area (Å²) in [4.78, 5) is 24.8. The van der Waals surface area contributed by atoms with E-state index in [1.807, 2.05) is 30.3 Å². The lowest BCUT2D eigenvalue weighted by molar-refractivity contribution is -0.125. The minimum absolute atomic E-state index is 0.136. The van der Waals surface area contributed by atoms with Crippen molar-refractivity contribution in [2.45, 2.75) is 46.1 Å². The molecule has 1 aromatic heterocycles. The zero-order chi connectivity index (χ0) is 19.4. The second kappa shape index (κ2) is 8.37. The van der Waals surface area contributed by atoms with Crippen molar-refractivity contribution in [2.24, 2.45) is 11.8 Å². The highest BCUT2D eigenvalue weighted by atomic mass is 16.5. The summed E-state index contributed by atoms with van der Waals surface area (Å²) in [6.45, 7) is 5.71. The maximum Gasteiger partial charge on any atom is 0.344 e. The van der Waals surface area contributed by atoms with Gasteiger partial charge in [0.05, 0.1) is 0 Å². The third-order valence-corrected chi connectivity index (χ3v) is 5.50. The van der Waals surface area contributed by atoms with Gasteiger partial charge in [-0.05, 0) is 25.2 Å². The molecule has 0 saturated heterocycles. The molecule has 6 heteroatoms. The van der Waals surface area contributed by atoms with E-state index in [0.29, 0.717) is 23.3 Å². The maximum atomic E-state index is 12.5. The maximum absolute atomic E-state index is 12.5. The summed E-state index contributed by atoms with van der Waals surface area (Å²) in [5.74, 6) is 0.495. The van der Waals surface area contributed by atoms with Crippen molar-refractivity contribution in [2.75, 3.05) is 6.61 Å². The minimum Gasteiger partial charge on any atom is -0.452 e. The number of aryl methyl sites for hydroxylation is 1. The van der Waals surface area contributed by atoms with Crippen LogP contribution in [0.25, 0.3) is 11.3 Å². The fourth-order valence-corrected chi connectivity index (χ4v) is 3.64. The van der Waals surface area contributed by atoms with Crippen molar-refractivity contribution in [3.63, 3.8) is 0 Å². The first-order valence-electron chi connectivity index (χ1n) is 9.45. The van der Waals surface area contributed by atoms with Gasteiger partial charge in [0, 0.05) is 11.6 Å². The smallest absolute Gasteiger partial charge is 0.344 e. The van der Waals surface area contributed by atoms with Gasteiger partial charge >= 0.3 is 5.97 Å². The van der Waals surface area contributed by atoms with Gasteiger partial charge in [-0.1, -0.05) is 62.2 Å². The second-order valence-corrected chi connectivity index (χ2v) is 7.35. The monoisotopic (exact) mass is 370 g/mol. The van der Waals surface area contributed by atoms with Crippen LogP contribution in [0.4, 0.5) is 0 Å². The lowest BCUT2D eigenvalue weighted by Crippen LogP contribution is -2.45. The molecule has 1 aromatic carbocycles. The number of nitrogens with one attached hydrogen (secondary N) is 1. The van der Waals surface area contributed by atoms with Gasteiger partial charge in [0.2, 0.25) is 0 Å². The highest BCUT2D eigenvalue weighted by Gasteiger charge is 2.29. The number of amides is 1. The molecule has 144 valence electrons. The molecule has 6 nitrogen and oxygen atoms in total. The number of carbonyl (C=O) groups is 2. The van der Waals surface area contributed by atoms with Gasteiger partial charge in [-0.25, -0.2) is 4.79 Å². The molecule has 1 amide bonds. The molecule has 3 atom stereocenters. The number of nitrogens with zero attached hydrogens (tertiary/aromatic N) is 1. The number of rotatable bonds is 5. The van der Waals surface area contributed by atoms with Crippen LogP contribution in [0.15, 0.2) is 34.9 Å². The van der Waals surface area contributed by atoms with Crippen molar-refractivity contribution >= 4 is 11.9 Å². The standard InChI is InChI=1S/C21H26N2O4/c1-13-8-7-11-17(14(13)2)22-18(24)12-26-21(25)19-15(3)27-23-20(19)16-9-5-4-6-10-16/h4-6,9-10,13-14,17H,7-8,11-12H2,1-3H3,(H,22,24). The first-order chi connectivity index (χ1) is 13.0. The van der Waals surface area contributed by atoms with Crippen molar-refractivity contribution < 1.29 is 18.8 Å². The predicted molar refractivity (Wildman–Crippen MR) is 101 cm³/mol. The van der Waals surface area contributed by atoms with Crippen LogP contribution in [0, 0.1) is 18.8 Å². The number of hydrogen-bond donors (Lipinski definition) is 1. The molecule has 3 unspecified atom stereocenters. The Kier molecular flexibility index (Phi) is 5.94. The van der Waals surface area contributed by atoms with Crippen LogP contribution < -0.4 is 5.32 Å². The van der Waals surface area contributed by atoms with Crippen LogP contribution in [-0.2, 0) is 9.53 Å². The van der Waals surface area contributed by atoms with Gasteiger partial charge in [-0.15, -0.1) is 0 Å². The van der Waals surface area contributed by atoms with Gasteiger partial charge in [0.25, 0.3) is 5.91 Å². The van der Waals surface area contributed by atoms with E-state index in [9.17, 15) is 9.59 Å². The molecule has 1 fully saturated rings. The van der Waals surface area contributed by atoms with E-state index in [0.717, 1.165) is 18.4 Å². The second-order valence-electron chi connectivity index (χ2n) is 7.35. The first kappa shape index (κ1) is 19.1. The third-order valence-electron chi connectivity index (χ3n) is 5.50. The van der Waals surface area contributed by atoms with Crippen LogP contribution in [0.3, 0.4) is 0 Å². The van der Waals surface area contributed by atoms with E-state index >= 15 is 0 Å². The first-order valence-corrected chi connectivity index (χ1v) is 9.45. The number of ether oxygens (including phenoxy) is 1. The normalized spacial score (nSPS) is 22.3. The molecule has 27 heavy (non-hydrogen) atoms. The van der Waals surface area contributed by atoms with Crippen LogP contribution >= 0.6 is 0 Å². The summed E-state index contributed by atoms with van der Waals surface area (Å²) in [6, 6.07) is 9.41. The largest absolute Gasteiger partial charge is 0.452 e. The van der Waals surface area contributed by atoms with E-state index in [-0.39, 0.29) is 24.1 Å². The molecule has 2 aromatic rings. The molecule has 1 heterocycles. The minimum atomic E-state index is -0.604. The van der Waals surface area contributed by atoms with Crippen molar-refractivity contribution in [1.29, 1.82) is 0 Å². The Hall–Kier alpha value is -2.63. The molecule has 0 bridgehead atoms. The molecule has 1 saturated carbocycles. The molecular formula is C21H26N2O4. The molecular weight excluding hydrogens is 344 g/mol. The number of benzene rings is 1. The zero-order valence-electron chi connectivity index (χ0n) is 16.0. The van der Waals surface area contributed by atoms with Gasteiger partial charge < -0.3 is 14.6 Å². The SMILES string of the molecule is Cc1onc(-c2ccccc2)c1C(=O)OCC(=O)NC1CCCC(C)C1C. The fraction of sp³-hybridized carbons (Fsp3) is 0.476. The Balaban J connectivity index is 1.61. The van der Waals surface area contributed by atoms with E-state index < -0.39 is 5.97 Å². The summed E-state index contributed by atoms with van der Waals surface area (Å²) in [5, 5.41) is 6.98. The Labute approximate surface area is 159 Å². The van der Waals surface area contributed by atoms with Crippen molar-refractivity contribution in [1.82, 2.24) is 10.5 Å². The number of esters is 1. The molecule has 0 radical (unpaired) electrons. The highest BCUT2D eigenvalue weighted by molar-refractivity contribution is 5.98. The summed E-state index contributed by atoms with van der Waals surface area (Å²) in [7, 11) is 0. The lowest BCUT2D eigenvalue weighted by Gasteiger charge is -2.34. The molecule has 1 aliphatic carbocycles. The number of carbonyl (C=O) groups excluding carboxylic acids is 2. The molecule has 1 aliphatic rings. The topological polar surface area (TPSA) is 81.4 Å². The van der Waals surface area contributed by atoms with Gasteiger partial charge in [-0.3, -0.25) is 4.79 Å². The summed E-state index contributed by atoms with van der Waals surface area (Å²) in [6.07, 6.45) is 3.27. The Bertz CT molecular complexity index is 800. The van der Waals surface area contributed by atoms with E-state index in [2.05, 4.69) is 24.3 Å². The Morgan fingerprint density at radius 2 is 1.96 bits per heavy atom. The third kappa shape index (κ3) is 4.38. The predicted octanol–water partition coefficient (Wildman–Crippen LogP) is 3.75. The molecule has 1 N–H and O–H groups in total. The molecule has 0 spiro atoms. The Morgan fingerprint density at radius 1 is 1.22 bits per heavy atom. The van der Waals surface area contributed by atoms with Crippen LogP contribution in [0.5, 0.6) is 0 Å². The van der Waals surface area contributed by atoms with Gasteiger partial charge in [0.15, 0.2) is 6.61 Å². The number of hydrogen-bond acceptors (Lipinski definition) is 5. The Morgan fingerprint density at radius 3 is 2.70 bits per heavy atom. The summed E-state index contributed by atoms with van der Waals surface area (Å²) < 4.78 is 10.4. The lowest BCUT2D eigenvalue weighted by atomic mass is 9.78. The molecule has 3 rings (SSSR count). The van der Waals surface area contributed by atoms with Crippen LogP contribution in [0.1, 0.15) is 49.2 Å². The van der Waals surface area contributed by atoms with Crippen molar-refractivity contribution in [3.8, 4) is 11.3 Å². The van der Waals surface area contributed by atoms with E-state index in [4.69, 9.17) is 9.26 Å². The quantitative estimate of drug-likeness (QED) is 0.811. The van der Waals surface area contributed by atoms with E-state index in [1.165, 1.54) is 6.42 Å². The van der Waals surface area contributed by atoms with Crippen LogP contribution in [0.2, 0.25) is 0 Å². The highest BCUT2D eigenvalue weighted by Crippen LogP contribution is 2.29. The van der Waals surface area contributed by atoms with Crippen LogP contribution in [-0.4, -0.2) is 29.7 Å². The average molecular weight is 370 g/mol. The summed E-state index contributed by atoms with van der Waals surface area (Å²) in [5.41, 5.74) is 1.44.